The second-order valence-corrected chi connectivity index (χ2v) is 4.64. The van der Waals surface area contributed by atoms with Crippen LogP contribution in [0.3, 0.4) is 0 Å². The maximum atomic E-state index is 12.1. The van der Waals surface area contributed by atoms with E-state index in [0.717, 1.165) is 19.4 Å². The van der Waals surface area contributed by atoms with Crippen molar-refractivity contribution in [1.82, 2.24) is 10.2 Å². The third kappa shape index (κ3) is 2.53. The fourth-order valence-corrected chi connectivity index (χ4v) is 2.44. The number of morpholine rings is 1. The molecule has 0 spiro atoms. The van der Waals surface area contributed by atoms with Crippen LogP contribution in [-0.4, -0.2) is 60.4 Å². The monoisotopic (exact) mass is 228 g/mol. The van der Waals surface area contributed by atoms with Crippen molar-refractivity contribution in [1.29, 1.82) is 0 Å². The molecule has 2 N–H and O–H groups in total. The molecule has 3 atom stereocenters. The fourth-order valence-electron chi connectivity index (χ4n) is 2.44. The lowest BCUT2D eigenvalue weighted by molar-refractivity contribution is -0.148. The molecule has 5 heteroatoms. The van der Waals surface area contributed by atoms with Gasteiger partial charge >= 0.3 is 0 Å². The van der Waals surface area contributed by atoms with Crippen LogP contribution in [0.25, 0.3) is 0 Å². The van der Waals surface area contributed by atoms with Crippen molar-refractivity contribution in [2.75, 3.05) is 26.2 Å². The van der Waals surface area contributed by atoms with E-state index < -0.39 is 0 Å². The third-order valence-corrected chi connectivity index (χ3v) is 3.20. The van der Waals surface area contributed by atoms with Gasteiger partial charge in [0, 0.05) is 13.1 Å². The van der Waals surface area contributed by atoms with Gasteiger partial charge in [0.2, 0.25) is 5.91 Å². The van der Waals surface area contributed by atoms with E-state index in [9.17, 15) is 4.79 Å². The third-order valence-electron chi connectivity index (χ3n) is 3.20. The van der Waals surface area contributed by atoms with Gasteiger partial charge in [0.15, 0.2) is 0 Å². The number of amides is 1. The maximum absolute atomic E-state index is 12.1. The van der Waals surface area contributed by atoms with Gasteiger partial charge in [0.1, 0.15) is 0 Å². The second-order valence-electron chi connectivity index (χ2n) is 4.64. The van der Waals surface area contributed by atoms with E-state index in [4.69, 9.17) is 9.84 Å². The van der Waals surface area contributed by atoms with Crippen molar-refractivity contribution in [3.63, 3.8) is 0 Å². The van der Waals surface area contributed by atoms with E-state index in [-0.39, 0.29) is 30.8 Å². The predicted octanol–water partition coefficient (Wildman–Crippen LogP) is -0.653. The topological polar surface area (TPSA) is 61.8 Å². The Morgan fingerprint density at radius 2 is 2.38 bits per heavy atom. The van der Waals surface area contributed by atoms with Crippen LogP contribution in [-0.2, 0) is 9.53 Å². The molecule has 0 radical (unpaired) electrons. The van der Waals surface area contributed by atoms with Gasteiger partial charge in [-0.15, -0.1) is 0 Å². The van der Waals surface area contributed by atoms with Crippen molar-refractivity contribution in [2.45, 2.75) is 38.0 Å². The highest BCUT2D eigenvalue weighted by Gasteiger charge is 2.32. The Morgan fingerprint density at radius 1 is 1.56 bits per heavy atom. The summed E-state index contributed by atoms with van der Waals surface area (Å²) in [4.78, 5) is 14.0. The first-order chi connectivity index (χ1) is 7.70. The normalized spacial score (nSPS) is 35.4. The molecule has 0 aromatic carbocycles. The lowest BCUT2D eigenvalue weighted by Crippen LogP contribution is -2.54. The molecule has 2 aliphatic heterocycles. The molecule has 92 valence electrons. The quantitative estimate of drug-likeness (QED) is 0.659. The molecule has 2 aliphatic rings. The number of ether oxygens (including phenoxy) is 1. The van der Waals surface area contributed by atoms with E-state index in [1.165, 1.54) is 0 Å². The van der Waals surface area contributed by atoms with Crippen molar-refractivity contribution in [2.24, 2.45) is 0 Å². The Bertz CT molecular complexity index is 254. The van der Waals surface area contributed by atoms with Crippen LogP contribution in [0.15, 0.2) is 0 Å². The summed E-state index contributed by atoms with van der Waals surface area (Å²) in [7, 11) is 0. The largest absolute Gasteiger partial charge is 0.394 e. The van der Waals surface area contributed by atoms with E-state index in [1.54, 1.807) is 0 Å². The average Bonchev–Trinajstić information content (AvgIpc) is 2.80. The molecule has 0 bridgehead atoms. The van der Waals surface area contributed by atoms with E-state index in [2.05, 4.69) is 5.32 Å². The molecule has 16 heavy (non-hydrogen) atoms. The molecule has 2 unspecified atom stereocenters. The number of nitrogens with one attached hydrogen (secondary N) is 1. The van der Waals surface area contributed by atoms with E-state index >= 15 is 0 Å². The number of aliphatic hydroxyl groups is 1. The number of hydrogen-bond donors (Lipinski definition) is 2. The molecule has 0 aromatic rings. The zero-order valence-corrected chi connectivity index (χ0v) is 9.69. The first kappa shape index (κ1) is 11.8. The van der Waals surface area contributed by atoms with Crippen molar-refractivity contribution in [3.8, 4) is 0 Å². The van der Waals surface area contributed by atoms with Crippen molar-refractivity contribution < 1.29 is 14.6 Å². The summed E-state index contributed by atoms with van der Waals surface area (Å²) in [6.07, 6.45) is 1.78. The molecular weight excluding hydrogens is 208 g/mol. The average molecular weight is 228 g/mol. The number of carbonyl (C=O) groups excluding carboxylic acids is 1. The Balaban J connectivity index is 1.94. The summed E-state index contributed by atoms with van der Waals surface area (Å²) in [6, 6.07) is -0.0235. The highest BCUT2D eigenvalue weighted by atomic mass is 16.5. The molecular formula is C11H20N2O3. The van der Waals surface area contributed by atoms with Crippen molar-refractivity contribution >= 4 is 5.91 Å². The highest BCUT2D eigenvalue weighted by Crippen LogP contribution is 2.15. The molecule has 2 rings (SSSR count). The molecule has 2 fully saturated rings. The van der Waals surface area contributed by atoms with Gasteiger partial charge in [0.05, 0.1) is 24.9 Å². The Morgan fingerprint density at radius 3 is 3.00 bits per heavy atom. The minimum atomic E-state index is -0.228. The molecule has 2 saturated heterocycles. The van der Waals surface area contributed by atoms with Crippen LogP contribution >= 0.6 is 0 Å². The number of carbonyl (C=O) groups is 1. The lowest BCUT2D eigenvalue weighted by atomic mass is 10.1. The van der Waals surface area contributed by atoms with Crippen LogP contribution in [0.2, 0.25) is 0 Å². The smallest absolute Gasteiger partial charge is 0.239 e. The molecule has 0 saturated carbocycles. The summed E-state index contributed by atoms with van der Waals surface area (Å²) in [5, 5.41) is 12.3. The number of hydrogen-bond acceptors (Lipinski definition) is 4. The van der Waals surface area contributed by atoms with Crippen LogP contribution in [0.4, 0.5) is 0 Å². The summed E-state index contributed by atoms with van der Waals surface area (Å²) < 4.78 is 5.51. The minimum absolute atomic E-state index is 0.0104. The van der Waals surface area contributed by atoms with Gasteiger partial charge in [-0.05, 0) is 26.3 Å². The zero-order chi connectivity index (χ0) is 11.5. The maximum Gasteiger partial charge on any atom is 0.239 e. The second kappa shape index (κ2) is 5.12. The van der Waals surface area contributed by atoms with Gasteiger partial charge in [-0.3, -0.25) is 4.79 Å². The van der Waals surface area contributed by atoms with Gasteiger partial charge in [-0.1, -0.05) is 0 Å². The number of nitrogens with zero attached hydrogens (tertiary/aromatic N) is 1. The van der Waals surface area contributed by atoms with Crippen LogP contribution in [0.1, 0.15) is 19.8 Å². The Labute approximate surface area is 95.8 Å². The van der Waals surface area contributed by atoms with Gasteiger partial charge < -0.3 is 20.1 Å². The molecule has 2 heterocycles. The van der Waals surface area contributed by atoms with E-state index in [0.29, 0.717) is 13.1 Å². The molecule has 0 aliphatic carbocycles. The first-order valence-corrected chi connectivity index (χ1v) is 5.99. The highest BCUT2D eigenvalue weighted by molar-refractivity contribution is 5.82. The summed E-state index contributed by atoms with van der Waals surface area (Å²) >= 11 is 0. The number of aliphatic hydroxyl groups excluding tert-OH is 1. The zero-order valence-electron chi connectivity index (χ0n) is 9.69. The Hall–Kier alpha value is -0.650. The molecule has 1 amide bonds. The number of rotatable bonds is 2. The van der Waals surface area contributed by atoms with Gasteiger partial charge in [0.25, 0.3) is 0 Å². The van der Waals surface area contributed by atoms with E-state index in [1.807, 2.05) is 11.8 Å². The van der Waals surface area contributed by atoms with Crippen molar-refractivity contribution in [3.05, 3.63) is 0 Å². The summed E-state index contributed by atoms with van der Waals surface area (Å²) in [5.74, 6) is 0.158. The van der Waals surface area contributed by atoms with Gasteiger partial charge in [-0.2, -0.15) is 0 Å². The molecule has 0 aromatic heterocycles. The van der Waals surface area contributed by atoms with Crippen LogP contribution in [0, 0.1) is 0 Å². The van der Waals surface area contributed by atoms with Gasteiger partial charge in [-0.25, -0.2) is 0 Å². The predicted molar refractivity (Wildman–Crippen MR) is 59.0 cm³/mol. The molecule has 5 nitrogen and oxygen atoms in total. The standard InChI is InChI=1S/C11H20N2O3/c1-8-5-13(6-9(7-14)16-8)11(15)10-3-2-4-12-10/h8-10,12,14H,2-7H2,1H3/t8?,9?,10-/m0/s1. The Kier molecular flexibility index (Phi) is 3.78. The summed E-state index contributed by atoms with van der Waals surface area (Å²) in [6.45, 7) is 3.99. The lowest BCUT2D eigenvalue weighted by Gasteiger charge is -2.37. The fraction of sp³-hybridized carbons (Fsp3) is 0.909. The van der Waals surface area contributed by atoms with Crippen LogP contribution in [0.5, 0.6) is 0 Å². The SMILES string of the molecule is CC1CN(C(=O)[C@@H]2CCCN2)CC(CO)O1. The summed E-state index contributed by atoms with van der Waals surface area (Å²) in [5.41, 5.74) is 0. The first-order valence-electron chi connectivity index (χ1n) is 5.99. The van der Waals surface area contributed by atoms with Crippen LogP contribution < -0.4 is 5.32 Å². The minimum Gasteiger partial charge on any atom is -0.394 e.